The maximum absolute atomic E-state index is 11.9. The molecule has 1 aromatic carbocycles. The van der Waals surface area contributed by atoms with Gasteiger partial charge in [-0.2, -0.15) is 0 Å². The van der Waals surface area contributed by atoms with Gasteiger partial charge in [-0.15, -0.1) is 0 Å². The minimum absolute atomic E-state index is 0.00561. The zero-order valence-electron chi connectivity index (χ0n) is 10.9. The summed E-state index contributed by atoms with van der Waals surface area (Å²) in [6.07, 6.45) is 2.36. The van der Waals surface area contributed by atoms with Crippen LogP contribution in [-0.2, 0) is 4.79 Å². The van der Waals surface area contributed by atoms with E-state index in [0.29, 0.717) is 12.6 Å². The van der Waals surface area contributed by atoms with Crippen molar-refractivity contribution in [2.24, 2.45) is 0 Å². The normalized spacial score (nSPS) is 16.1. The van der Waals surface area contributed by atoms with Crippen molar-refractivity contribution in [3.63, 3.8) is 0 Å². The minimum atomic E-state index is -0.149. The van der Waals surface area contributed by atoms with Gasteiger partial charge in [0.2, 0.25) is 5.91 Å². The van der Waals surface area contributed by atoms with Crippen molar-refractivity contribution in [2.45, 2.75) is 38.8 Å². The molecule has 0 bridgehead atoms. The maximum Gasteiger partial charge on any atom is 0.241 e. The number of anilines is 1. The zero-order chi connectivity index (χ0) is 13.0. The van der Waals surface area contributed by atoms with Gasteiger partial charge in [0.15, 0.2) is 0 Å². The fourth-order valence-electron chi connectivity index (χ4n) is 1.73. The first-order valence-electron chi connectivity index (χ1n) is 6.49. The van der Waals surface area contributed by atoms with E-state index < -0.39 is 0 Å². The number of amides is 1. The van der Waals surface area contributed by atoms with E-state index in [1.54, 1.807) is 0 Å². The minimum Gasteiger partial charge on any atom is -0.494 e. The summed E-state index contributed by atoms with van der Waals surface area (Å²) in [5.74, 6) is 0.825. The molecular formula is C14H20N2O2. The Hall–Kier alpha value is -1.55. The molecule has 1 fully saturated rings. The van der Waals surface area contributed by atoms with E-state index in [0.717, 1.165) is 11.4 Å². The van der Waals surface area contributed by atoms with Crippen LogP contribution in [-0.4, -0.2) is 24.6 Å². The highest BCUT2D eigenvalue weighted by Crippen LogP contribution is 2.20. The molecule has 1 amide bonds. The molecular weight excluding hydrogens is 228 g/mol. The van der Waals surface area contributed by atoms with Crippen LogP contribution in [0, 0.1) is 0 Å². The average molecular weight is 248 g/mol. The molecule has 0 spiro atoms. The van der Waals surface area contributed by atoms with Crippen LogP contribution in [0.15, 0.2) is 24.3 Å². The summed E-state index contributed by atoms with van der Waals surface area (Å²) in [5.41, 5.74) is 0.799. The van der Waals surface area contributed by atoms with Gasteiger partial charge in [0.05, 0.1) is 12.6 Å². The molecule has 1 unspecified atom stereocenters. The summed E-state index contributed by atoms with van der Waals surface area (Å²) in [4.78, 5) is 11.9. The number of hydrogen-bond donors (Lipinski definition) is 2. The number of rotatable bonds is 6. The fourth-order valence-corrected chi connectivity index (χ4v) is 1.73. The Morgan fingerprint density at radius 2 is 2.06 bits per heavy atom. The first kappa shape index (κ1) is 12.9. The number of benzene rings is 1. The second-order valence-corrected chi connectivity index (χ2v) is 4.61. The van der Waals surface area contributed by atoms with E-state index in [2.05, 4.69) is 10.6 Å². The Balaban J connectivity index is 1.85. The van der Waals surface area contributed by atoms with Gasteiger partial charge in [-0.25, -0.2) is 0 Å². The van der Waals surface area contributed by atoms with Gasteiger partial charge >= 0.3 is 0 Å². The van der Waals surface area contributed by atoms with Gasteiger partial charge in [-0.05, 0) is 51.0 Å². The van der Waals surface area contributed by atoms with Gasteiger partial charge < -0.3 is 15.4 Å². The van der Waals surface area contributed by atoms with Gasteiger partial charge in [0, 0.05) is 11.7 Å². The SMILES string of the molecule is CCOc1ccc(NC(=O)C(C)NC2CC2)cc1. The predicted octanol–water partition coefficient (Wildman–Crippen LogP) is 2.16. The van der Waals surface area contributed by atoms with Crippen LogP contribution < -0.4 is 15.4 Å². The van der Waals surface area contributed by atoms with Gasteiger partial charge in [-0.1, -0.05) is 0 Å². The summed E-state index contributed by atoms with van der Waals surface area (Å²) in [6, 6.07) is 7.81. The molecule has 1 aliphatic rings. The number of ether oxygens (including phenoxy) is 1. The molecule has 4 heteroatoms. The van der Waals surface area contributed by atoms with E-state index in [9.17, 15) is 4.79 Å². The van der Waals surface area contributed by atoms with Crippen molar-refractivity contribution >= 4 is 11.6 Å². The Bertz CT molecular complexity index is 399. The molecule has 0 aromatic heterocycles. The molecule has 4 nitrogen and oxygen atoms in total. The molecule has 2 rings (SSSR count). The van der Waals surface area contributed by atoms with Crippen LogP contribution in [0.5, 0.6) is 5.75 Å². The highest BCUT2D eigenvalue weighted by atomic mass is 16.5. The fraction of sp³-hybridized carbons (Fsp3) is 0.500. The molecule has 18 heavy (non-hydrogen) atoms. The van der Waals surface area contributed by atoms with Crippen molar-refractivity contribution in [1.82, 2.24) is 5.32 Å². The third-order valence-corrected chi connectivity index (χ3v) is 2.89. The molecule has 2 N–H and O–H groups in total. The number of nitrogens with one attached hydrogen (secondary N) is 2. The average Bonchev–Trinajstić information content (AvgIpc) is 3.16. The van der Waals surface area contributed by atoms with Crippen molar-refractivity contribution in [3.05, 3.63) is 24.3 Å². The summed E-state index contributed by atoms with van der Waals surface area (Å²) in [5, 5.41) is 6.16. The van der Waals surface area contributed by atoms with Crippen LogP contribution in [0.1, 0.15) is 26.7 Å². The molecule has 0 aliphatic heterocycles. The van der Waals surface area contributed by atoms with Crippen molar-refractivity contribution < 1.29 is 9.53 Å². The Morgan fingerprint density at radius 3 is 2.61 bits per heavy atom. The maximum atomic E-state index is 11.9. The lowest BCUT2D eigenvalue weighted by atomic mass is 10.2. The molecule has 1 atom stereocenters. The largest absolute Gasteiger partial charge is 0.494 e. The van der Waals surface area contributed by atoms with Crippen molar-refractivity contribution in [3.8, 4) is 5.75 Å². The molecule has 1 saturated carbocycles. The van der Waals surface area contributed by atoms with Crippen LogP contribution in [0.2, 0.25) is 0 Å². The van der Waals surface area contributed by atoms with E-state index in [1.165, 1.54) is 12.8 Å². The molecule has 0 saturated heterocycles. The van der Waals surface area contributed by atoms with Gasteiger partial charge in [0.1, 0.15) is 5.75 Å². The van der Waals surface area contributed by atoms with E-state index in [4.69, 9.17) is 4.74 Å². The number of hydrogen-bond acceptors (Lipinski definition) is 3. The smallest absolute Gasteiger partial charge is 0.241 e. The summed E-state index contributed by atoms with van der Waals surface area (Å²) < 4.78 is 5.35. The van der Waals surface area contributed by atoms with Crippen molar-refractivity contribution in [2.75, 3.05) is 11.9 Å². The first-order valence-corrected chi connectivity index (χ1v) is 6.49. The van der Waals surface area contributed by atoms with E-state index in [1.807, 2.05) is 38.1 Å². The second-order valence-electron chi connectivity index (χ2n) is 4.61. The summed E-state index contributed by atoms with van der Waals surface area (Å²) >= 11 is 0. The molecule has 98 valence electrons. The molecule has 0 radical (unpaired) electrons. The summed E-state index contributed by atoms with van der Waals surface area (Å²) in [6.45, 7) is 4.48. The Morgan fingerprint density at radius 1 is 1.39 bits per heavy atom. The standard InChI is InChI=1S/C14H20N2O2/c1-3-18-13-8-6-12(7-9-13)16-14(17)10(2)15-11-4-5-11/h6-11,15H,3-5H2,1-2H3,(H,16,17). The molecule has 1 aliphatic carbocycles. The topological polar surface area (TPSA) is 50.4 Å². The van der Waals surface area contributed by atoms with Crippen molar-refractivity contribution in [1.29, 1.82) is 0 Å². The second kappa shape index (κ2) is 5.87. The molecule has 1 aromatic rings. The predicted molar refractivity (Wildman–Crippen MR) is 71.9 cm³/mol. The Kier molecular flexibility index (Phi) is 4.20. The van der Waals surface area contributed by atoms with Crippen LogP contribution in [0.25, 0.3) is 0 Å². The third-order valence-electron chi connectivity index (χ3n) is 2.89. The Labute approximate surface area is 108 Å². The van der Waals surface area contributed by atoms with E-state index >= 15 is 0 Å². The lowest BCUT2D eigenvalue weighted by Gasteiger charge is -2.13. The van der Waals surface area contributed by atoms with Gasteiger partial charge in [0.25, 0.3) is 0 Å². The quantitative estimate of drug-likeness (QED) is 0.811. The van der Waals surface area contributed by atoms with E-state index in [-0.39, 0.29) is 11.9 Å². The highest BCUT2D eigenvalue weighted by Gasteiger charge is 2.25. The lowest BCUT2D eigenvalue weighted by Crippen LogP contribution is -2.39. The van der Waals surface area contributed by atoms with Crippen LogP contribution >= 0.6 is 0 Å². The summed E-state index contributed by atoms with van der Waals surface area (Å²) in [7, 11) is 0. The van der Waals surface area contributed by atoms with Crippen LogP contribution in [0.4, 0.5) is 5.69 Å². The highest BCUT2D eigenvalue weighted by molar-refractivity contribution is 5.94. The monoisotopic (exact) mass is 248 g/mol. The van der Waals surface area contributed by atoms with Gasteiger partial charge in [-0.3, -0.25) is 4.79 Å². The zero-order valence-corrected chi connectivity index (χ0v) is 10.9. The molecule has 0 heterocycles. The number of carbonyl (C=O) groups is 1. The number of carbonyl (C=O) groups excluding carboxylic acids is 1. The van der Waals surface area contributed by atoms with Crippen LogP contribution in [0.3, 0.4) is 0 Å². The lowest BCUT2D eigenvalue weighted by molar-refractivity contribution is -0.117. The third kappa shape index (κ3) is 3.74. The first-order chi connectivity index (χ1) is 8.69.